The highest BCUT2D eigenvalue weighted by Crippen LogP contribution is 2.26. The number of ketones is 1. The Labute approximate surface area is 167 Å². The fraction of sp³-hybridized carbons (Fsp3) is 0.0909. The lowest BCUT2D eigenvalue weighted by molar-refractivity contribution is -0.116. The molecule has 28 heavy (non-hydrogen) atoms. The summed E-state index contributed by atoms with van der Waals surface area (Å²) in [4.78, 5) is 20.4. The van der Waals surface area contributed by atoms with Crippen molar-refractivity contribution in [2.75, 3.05) is 5.75 Å². The lowest BCUT2D eigenvalue weighted by Crippen LogP contribution is -2.05. The summed E-state index contributed by atoms with van der Waals surface area (Å²) in [5.74, 6) is 0.539. The van der Waals surface area contributed by atoms with Crippen LogP contribution in [0.15, 0.2) is 84.5 Å². The summed E-state index contributed by atoms with van der Waals surface area (Å²) in [6, 6.07) is 20.5. The normalized spacial score (nSPS) is 10.7. The summed E-state index contributed by atoms with van der Waals surface area (Å²) in [6.45, 7) is 0. The molecule has 4 rings (SSSR count). The molecule has 0 aliphatic carbocycles. The third kappa shape index (κ3) is 4.53. The van der Waals surface area contributed by atoms with Crippen LogP contribution in [-0.2, 0) is 11.2 Å². The van der Waals surface area contributed by atoms with Gasteiger partial charge in [-0.15, -0.1) is 0 Å². The number of aromatic nitrogens is 4. The molecule has 0 fully saturated rings. The number of pyridine rings is 1. The van der Waals surface area contributed by atoms with E-state index in [0.29, 0.717) is 17.3 Å². The van der Waals surface area contributed by atoms with E-state index in [2.05, 4.69) is 62.6 Å². The van der Waals surface area contributed by atoms with Crippen molar-refractivity contribution in [1.29, 1.82) is 0 Å². The molecule has 0 saturated heterocycles. The molecule has 6 heteroatoms. The standard InChI is InChI=1S/C22H18N4OS/c27-21(14-28-22-24-15-25-26-22)11-16-6-8-17(9-7-16)18-3-1-4-19(12-18)20-5-2-10-23-13-20/h1-10,12-13,15H,11,14H2,(H,24,25,26). The van der Waals surface area contributed by atoms with E-state index in [4.69, 9.17) is 0 Å². The molecule has 0 saturated carbocycles. The summed E-state index contributed by atoms with van der Waals surface area (Å²) >= 11 is 1.37. The molecule has 2 aromatic heterocycles. The molecule has 0 aliphatic rings. The maximum Gasteiger partial charge on any atom is 0.183 e. The van der Waals surface area contributed by atoms with Crippen molar-refractivity contribution in [2.45, 2.75) is 11.6 Å². The van der Waals surface area contributed by atoms with Gasteiger partial charge >= 0.3 is 0 Å². The van der Waals surface area contributed by atoms with Crippen molar-refractivity contribution < 1.29 is 4.79 Å². The Morgan fingerprint density at radius 1 is 0.929 bits per heavy atom. The summed E-state index contributed by atoms with van der Waals surface area (Å²) < 4.78 is 0. The van der Waals surface area contributed by atoms with Gasteiger partial charge in [0, 0.05) is 24.4 Å². The van der Waals surface area contributed by atoms with Crippen LogP contribution in [-0.4, -0.2) is 31.7 Å². The van der Waals surface area contributed by atoms with Crippen LogP contribution < -0.4 is 0 Å². The number of benzene rings is 2. The minimum absolute atomic E-state index is 0.160. The largest absolute Gasteiger partial charge is 0.298 e. The average Bonchev–Trinajstić information content (AvgIpc) is 3.27. The van der Waals surface area contributed by atoms with E-state index in [0.717, 1.165) is 27.8 Å². The summed E-state index contributed by atoms with van der Waals surface area (Å²) in [6.07, 6.45) is 5.49. The molecule has 4 aromatic rings. The third-order valence-corrected chi connectivity index (χ3v) is 5.25. The second-order valence-electron chi connectivity index (χ2n) is 6.31. The van der Waals surface area contributed by atoms with Crippen molar-refractivity contribution in [2.24, 2.45) is 0 Å². The first-order valence-corrected chi connectivity index (χ1v) is 9.86. The Kier molecular flexibility index (Phi) is 5.58. The molecule has 0 aliphatic heterocycles. The number of nitrogens with zero attached hydrogens (tertiary/aromatic N) is 3. The number of H-pyrrole nitrogens is 1. The van der Waals surface area contributed by atoms with E-state index >= 15 is 0 Å². The van der Waals surface area contributed by atoms with Crippen LogP contribution in [0.25, 0.3) is 22.3 Å². The molecule has 0 amide bonds. The topological polar surface area (TPSA) is 71.5 Å². The predicted molar refractivity (Wildman–Crippen MR) is 111 cm³/mol. The molecule has 0 spiro atoms. The third-order valence-electron chi connectivity index (χ3n) is 4.31. The van der Waals surface area contributed by atoms with Crippen LogP contribution in [0, 0.1) is 0 Å². The van der Waals surface area contributed by atoms with Crippen LogP contribution >= 0.6 is 11.8 Å². The van der Waals surface area contributed by atoms with Crippen molar-refractivity contribution in [3.63, 3.8) is 0 Å². The van der Waals surface area contributed by atoms with Gasteiger partial charge in [-0.2, -0.15) is 5.10 Å². The molecule has 0 radical (unpaired) electrons. The molecule has 2 aromatic carbocycles. The monoisotopic (exact) mass is 386 g/mol. The smallest absolute Gasteiger partial charge is 0.183 e. The highest BCUT2D eigenvalue weighted by atomic mass is 32.2. The van der Waals surface area contributed by atoms with Crippen LogP contribution in [0.5, 0.6) is 0 Å². The number of carbonyl (C=O) groups is 1. The molecular weight excluding hydrogens is 368 g/mol. The summed E-state index contributed by atoms with van der Waals surface area (Å²) in [5.41, 5.74) is 5.50. The van der Waals surface area contributed by atoms with Gasteiger partial charge in [-0.1, -0.05) is 60.3 Å². The first-order valence-electron chi connectivity index (χ1n) is 8.87. The Hall–Kier alpha value is -3.25. The zero-order valence-electron chi connectivity index (χ0n) is 15.1. The lowest BCUT2D eigenvalue weighted by atomic mass is 9.98. The van der Waals surface area contributed by atoms with Gasteiger partial charge in [-0.3, -0.25) is 14.9 Å². The predicted octanol–water partition coefficient (Wildman–Crippen LogP) is 4.44. The van der Waals surface area contributed by atoms with Crippen molar-refractivity contribution in [3.8, 4) is 22.3 Å². The van der Waals surface area contributed by atoms with E-state index in [9.17, 15) is 4.79 Å². The first-order chi connectivity index (χ1) is 13.8. The van der Waals surface area contributed by atoms with Gasteiger partial charge in [-0.25, -0.2) is 4.98 Å². The number of hydrogen-bond acceptors (Lipinski definition) is 5. The molecule has 0 unspecified atom stereocenters. The van der Waals surface area contributed by atoms with Crippen molar-refractivity contribution in [1.82, 2.24) is 20.2 Å². The van der Waals surface area contributed by atoms with Gasteiger partial charge < -0.3 is 0 Å². The highest BCUT2D eigenvalue weighted by molar-refractivity contribution is 7.99. The van der Waals surface area contributed by atoms with Gasteiger partial charge in [0.1, 0.15) is 12.1 Å². The van der Waals surface area contributed by atoms with Crippen molar-refractivity contribution >= 4 is 17.5 Å². The number of hydrogen-bond donors (Lipinski definition) is 1. The second-order valence-corrected chi connectivity index (χ2v) is 7.28. The SMILES string of the molecule is O=C(CSc1ncn[nH]1)Cc1ccc(-c2cccc(-c3cccnc3)c2)cc1. The molecule has 2 heterocycles. The van der Waals surface area contributed by atoms with E-state index in [1.165, 1.54) is 18.1 Å². The van der Waals surface area contributed by atoms with Gasteiger partial charge in [-0.05, 0) is 34.4 Å². The van der Waals surface area contributed by atoms with Gasteiger partial charge in [0.05, 0.1) is 5.75 Å². The van der Waals surface area contributed by atoms with Crippen LogP contribution in [0.2, 0.25) is 0 Å². The van der Waals surface area contributed by atoms with E-state index in [-0.39, 0.29) is 5.78 Å². The highest BCUT2D eigenvalue weighted by Gasteiger charge is 2.07. The fourth-order valence-electron chi connectivity index (χ4n) is 2.92. The quantitative estimate of drug-likeness (QED) is 0.476. The van der Waals surface area contributed by atoms with E-state index < -0.39 is 0 Å². The summed E-state index contributed by atoms with van der Waals surface area (Å²) in [5, 5.41) is 7.18. The molecular formula is C22H18N4OS. The lowest BCUT2D eigenvalue weighted by Gasteiger charge is -2.07. The Morgan fingerprint density at radius 2 is 1.71 bits per heavy atom. The minimum atomic E-state index is 0.160. The Bertz CT molecular complexity index is 1050. The van der Waals surface area contributed by atoms with Crippen LogP contribution in [0.3, 0.4) is 0 Å². The molecule has 5 nitrogen and oxygen atoms in total. The zero-order valence-corrected chi connectivity index (χ0v) is 15.9. The number of rotatable bonds is 7. The maximum absolute atomic E-state index is 12.2. The Balaban J connectivity index is 1.42. The first kappa shape index (κ1) is 18.1. The van der Waals surface area contributed by atoms with E-state index in [1.807, 2.05) is 24.4 Å². The number of aromatic amines is 1. The zero-order chi connectivity index (χ0) is 19.2. The minimum Gasteiger partial charge on any atom is -0.298 e. The van der Waals surface area contributed by atoms with Gasteiger partial charge in [0.2, 0.25) is 0 Å². The molecule has 1 N–H and O–H groups in total. The number of carbonyl (C=O) groups excluding carboxylic acids is 1. The number of nitrogens with one attached hydrogen (secondary N) is 1. The molecule has 138 valence electrons. The summed E-state index contributed by atoms with van der Waals surface area (Å²) in [7, 11) is 0. The van der Waals surface area contributed by atoms with Crippen LogP contribution in [0.1, 0.15) is 5.56 Å². The van der Waals surface area contributed by atoms with Gasteiger partial charge in [0.25, 0.3) is 0 Å². The second kappa shape index (κ2) is 8.63. The molecule has 0 bridgehead atoms. The maximum atomic E-state index is 12.2. The van der Waals surface area contributed by atoms with Crippen molar-refractivity contribution in [3.05, 3.63) is 84.9 Å². The van der Waals surface area contributed by atoms with Crippen LogP contribution in [0.4, 0.5) is 0 Å². The number of thioether (sulfide) groups is 1. The van der Waals surface area contributed by atoms with Gasteiger partial charge in [0.15, 0.2) is 5.16 Å². The number of Topliss-reactive ketones (excluding diaryl/α,β-unsaturated/α-hetero) is 1. The van der Waals surface area contributed by atoms with E-state index in [1.54, 1.807) is 6.20 Å². The molecule has 0 atom stereocenters. The average molecular weight is 386 g/mol. The Morgan fingerprint density at radius 3 is 2.43 bits per heavy atom. The fourth-order valence-corrected chi connectivity index (χ4v) is 3.56.